The summed E-state index contributed by atoms with van der Waals surface area (Å²) in [6.07, 6.45) is 0. The fourth-order valence-corrected chi connectivity index (χ4v) is 3.42. The Morgan fingerprint density at radius 2 is 1.75 bits per heavy atom. The van der Waals surface area contributed by atoms with Crippen LogP contribution in [0.25, 0.3) is 11.0 Å². The van der Waals surface area contributed by atoms with Crippen LogP contribution in [-0.2, 0) is 5.41 Å². The van der Waals surface area contributed by atoms with E-state index in [2.05, 4.69) is 62.6 Å². The van der Waals surface area contributed by atoms with Crippen LogP contribution in [0.2, 0.25) is 0 Å². The fourth-order valence-electron chi connectivity index (χ4n) is 3.12. The number of hydrogen-bond donors (Lipinski definition) is 2. The van der Waals surface area contributed by atoms with Gasteiger partial charge in [-0.05, 0) is 60.3 Å². The van der Waals surface area contributed by atoms with Gasteiger partial charge in [0.05, 0.1) is 6.04 Å². The van der Waals surface area contributed by atoms with Crippen molar-refractivity contribution in [2.24, 2.45) is 0 Å². The molecule has 0 spiro atoms. The first-order valence-corrected chi connectivity index (χ1v) is 9.77. The van der Waals surface area contributed by atoms with Gasteiger partial charge in [-0.3, -0.25) is 0 Å². The van der Waals surface area contributed by atoms with Crippen molar-refractivity contribution < 1.29 is 4.42 Å². The normalized spacial score (nSPS) is 12.6. The standard InChI is InChI=1S/C23H26N2O2S/c1-14-12-21(26)27-20-13-18(10-11-19(14)20)25-22(28)24-15(2)16-6-8-17(9-7-16)23(3,4)5/h6-13,15H,1-5H3,(H2,24,25,28)/t15-/m1/s1. The van der Waals surface area contributed by atoms with E-state index in [1.165, 1.54) is 11.6 Å². The van der Waals surface area contributed by atoms with Crippen molar-refractivity contribution >= 4 is 34.0 Å². The summed E-state index contributed by atoms with van der Waals surface area (Å²) in [5, 5.41) is 7.90. The molecule has 3 rings (SSSR count). The molecule has 0 aliphatic carbocycles. The zero-order valence-electron chi connectivity index (χ0n) is 16.9. The topological polar surface area (TPSA) is 54.3 Å². The number of thiocarbonyl (C=S) groups is 1. The molecule has 146 valence electrons. The lowest BCUT2D eigenvalue weighted by Gasteiger charge is -2.21. The van der Waals surface area contributed by atoms with Gasteiger partial charge >= 0.3 is 5.63 Å². The van der Waals surface area contributed by atoms with E-state index < -0.39 is 0 Å². The monoisotopic (exact) mass is 394 g/mol. The minimum absolute atomic E-state index is 0.0645. The molecule has 0 fully saturated rings. The van der Waals surface area contributed by atoms with Gasteiger partial charge in [-0.25, -0.2) is 4.79 Å². The molecule has 1 aromatic heterocycles. The quantitative estimate of drug-likeness (QED) is 0.457. The highest BCUT2D eigenvalue weighted by Crippen LogP contribution is 2.24. The Morgan fingerprint density at radius 3 is 2.39 bits per heavy atom. The molecule has 0 unspecified atom stereocenters. The van der Waals surface area contributed by atoms with Crippen LogP contribution in [0.3, 0.4) is 0 Å². The smallest absolute Gasteiger partial charge is 0.336 e. The van der Waals surface area contributed by atoms with Crippen LogP contribution in [-0.4, -0.2) is 5.11 Å². The summed E-state index contributed by atoms with van der Waals surface area (Å²) < 4.78 is 5.29. The molecule has 0 saturated carbocycles. The summed E-state index contributed by atoms with van der Waals surface area (Å²) >= 11 is 5.46. The van der Waals surface area contributed by atoms with Crippen molar-refractivity contribution in [3.05, 3.63) is 75.6 Å². The maximum Gasteiger partial charge on any atom is 0.336 e. The second-order valence-electron chi connectivity index (χ2n) is 8.15. The molecule has 0 aliphatic rings. The van der Waals surface area contributed by atoms with Gasteiger partial charge in [0.1, 0.15) is 5.58 Å². The number of fused-ring (bicyclic) bond motifs is 1. The fraction of sp³-hybridized carbons (Fsp3) is 0.304. The van der Waals surface area contributed by atoms with Gasteiger partial charge in [0.25, 0.3) is 0 Å². The molecule has 2 aromatic carbocycles. The number of nitrogens with one attached hydrogen (secondary N) is 2. The molecule has 0 saturated heterocycles. The van der Waals surface area contributed by atoms with Gasteiger partial charge in [0.15, 0.2) is 5.11 Å². The number of hydrogen-bond acceptors (Lipinski definition) is 3. The molecule has 28 heavy (non-hydrogen) atoms. The molecule has 0 radical (unpaired) electrons. The van der Waals surface area contributed by atoms with Gasteiger partial charge in [0.2, 0.25) is 0 Å². The number of benzene rings is 2. The van der Waals surface area contributed by atoms with E-state index in [0.29, 0.717) is 10.7 Å². The summed E-state index contributed by atoms with van der Waals surface area (Å²) in [7, 11) is 0. The Hall–Kier alpha value is -2.66. The third-order valence-corrected chi connectivity index (χ3v) is 5.05. The third-order valence-electron chi connectivity index (χ3n) is 4.83. The van der Waals surface area contributed by atoms with Crippen molar-refractivity contribution in [1.82, 2.24) is 5.32 Å². The molecule has 5 heteroatoms. The zero-order chi connectivity index (χ0) is 20.5. The van der Waals surface area contributed by atoms with E-state index in [1.54, 1.807) is 6.07 Å². The summed E-state index contributed by atoms with van der Waals surface area (Å²) in [5.41, 5.74) is 4.46. The van der Waals surface area contributed by atoms with Gasteiger partial charge in [-0.1, -0.05) is 45.0 Å². The van der Waals surface area contributed by atoms with Crippen molar-refractivity contribution in [2.75, 3.05) is 5.32 Å². The molecule has 4 nitrogen and oxygen atoms in total. The molecule has 0 amide bonds. The highest BCUT2D eigenvalue weighted by Gasteiger charge is 2.14. The lowest BCUT2D eigenvalue weighted by atomic mass is 9.86. The zero-order valence-corrected chi connectivity index (χ0v) is 17.7. The van der Waals surface area contributed by atoms with Crippen molar-refractivity contribution in [2.45, 2.75) is 46.1 Å². The first kappa shape index (κ1) is 20.1. The lowest BCUT2D eigenvalue weighted by molar-refractivity contribution is 0.560. The first-order valence-electron chi connectivity index (χ1n) is 9.36. The maximum atomic E-state index is 11.6. The van der Waals surface area contributed by atoms with Gasteiger partial charge < -0.3 is 15.1 Å². The molecule has 1 atom stereocenters. The predicted octanol–water partition coefficient (Wildman–Crippen LogP) is 5.45. The second kappa shape index (κ2) is 7.76. The average Bonchev–Trinajstić information content (AvgIpc) is 2.60. The SMILES string of the molecule is Cc1cc(=O)oc2cc(NC(=S)N[C@H](C)c3ccc(C(C)(C)C)cc3)ccc12. The predicted molar refractivity (Wildman–Crippen MR) is 120 cm³/mol. The van der Waals surface area contributed by atoms with Crippen LogP contribution in [0.4, 0.5) is 5.69 Å². The molecule has 3 aromatic rings. The lowest BCUT2D eigenvalue weighted by Crippen LogP contribution is -2.30. The van der Waals surface area contributed by atoms with E-state index in [0.717, 1.165) is 22.2 Å². The Balaban J connectivity index is 1.69. The molecule has 1 heterocycles. The first-order chi connectivity index (χ1) is 13.1. The van der Waals surface area contributed by atoms with Crippen LogP contribution in [0, 0.1) is 6.92 Å². The Labute approximate surface area is 171 Å². The Morgan fingerprint density at radius 1 is 1.07 bits per heavy atom. The molecule has 2 N–H and O–H groups in total. The van der Waals surface area contributed by atoms with E-state index in [9.17, 15) is 4.79 Å². The Kier molecular flexibility index (Phi) is 5.57. The summed E-state index contributed by atoms with van der Waals surface area (Å²) in [6, 6.07) is 15.8. The van der Waals surface area contributed by atoms with Gasteiger partial charge in [0, 0.05) is 23.2 Å². The van der Waals surface area contributed by atoms with Crippen LogP contribution in [0.15, 0.2) is 57.7 Å². The Bertz CT molecular complexity index is 1060. The summed E-state index contributed by atoms with van der Waals surface area (Å²) in [5.74, 6) is 0. The van der Waals surface area contributed by atoms with E-state index in [4.69, 9.17) is 16.6 Å². The average molecular weight is 395 g/mol. The van der Waals surface area contributed by atoms with E-state index in [1.807, 2.05) is 19.1 Å². The minimum Gasteiger partial charge on any atom is -0.423 e. The third kappa shape index (κ3) is 4.60. The van der Waals surface area contributed by atoms with Crippen LogP contribution < -0.4 is 16.3 Å². The molecule has 0 aliphatic heterocycles. The molecular formula is C23H26N2O2S. The molecular weight excluding hydrogens is 368 g/mol. The van der Waals surface area contributed by atoms with Crippen LogP contribution in [0.1, 0.15) is 50.4 Å². The number of anilines is 1. The van der Waals surface area contributed by atoms with E-state index in [-0.39, 0.29) is 17.1 Å². The van der Waals surface area contributed by atoms with Gasteiger partial charge in [-0.2, -0.15) is 0 Å². The molecule has 0 bridgehead atoms. The van der Waals surface area contributed by atoms with Crippen molar-refractivity contribution in [3.63, 3.8) is 0 Å². The summed E-state index contributed by atoms with van der Waals surface area (Å²) in [4.78, 5) is 11.6. The van der Waals surface area contributed by atoms with Crippen molar-refractivity contribution in [3.8, 4) is 0 Å². The van der Waals surface area contributed by atoms with Gasteiger partial charge in [-0.15, -0.1) is 0 Å². The highest BCUT2D eigenvalue weighted by molar-refractivity contribution is 7.80. The van der Waals surface area contributed by atoms with Crippen LogP contribution in [0.5, 0.6) is 0 Å². The van der Waals surface area contributed by atoms with Crippen LogP contribution >= 0.6 is 12.2 Å². The second-order valence-corrected chi connectivity index (χ2v) is 8.56. The van der Waals surface area contributed by atoms with Crippen molar-refractivity contribution in [1.29, 1.82) is 0 Å². The summed E-state index contributed by atoms with van der Waals surface area (Å²) in [6.45, 7) is 10.6. The maximum absolute atomic E-state index is 11.6. The number of rotatable bonds is 3. The number of aryl methyl sites for hydroxylation is 1. The minimum atomic E-state index is -0.352. The highest BCUT2D eigenvalue weighted by atomic mass is 32.1. The van der Waals surface area contributed by atoms with E-state index >= 15 is 0 Å². The largest absolute Gasteiger partial charge is 0.423 e.